The Morgan fingerprint density at radius 3 is 2.58 bits per heavy atom. The second-order valence-electron chi connectivity index (χ2n) is 5.94. The van der Waals surface area contributed by atoms with Crippen LogP contribution in [0.15, 0.2) is 34.2 Å². The van der Waals surface area contributed by atoms with Gasteiger partial charge in [-0.3, -0.25) is 9.36 Å². The van der Waals surface area contributed by atoms with Crippen LogP contribution in [-0.2, 0) is 17.0 Å². The predicted octanol–water partition coefficient (Wildman–Crippen LogP) is 4.02. The van der Waals surface area contributed by atoms with Gasteiger partial charge in [-0.25, -0.2) is 4.98 Å². The highest BCUT2D eigenvalue weighted by atomic mass is 32.2. The van der Waals surface area contributed by atoms with E-state index in [2.05, 4.69) is 0 Å². The number of rotatable bonds is 7. The van der Waals surface area contributed by atoms with Crippen LogP contribution in [0.2, 0.25) is 0 Å². The first-order valence-electron chi connectivity index (χ1n) is 8.30. The van der Waals surface area contributed by atoms with Gasteiger partial charge >= 0.3 is 0 Å². The molecule has 0 saturated carbocycles. The van der Waals surface area contributed by atoms with Gasteiger partial charge in [-0.15, -0.1) is 11.3 Å². The molecule has 0 aliphatic rings. The largest absolute Gasteiger partial charge is 0.497 e. The zero-order valence-corrected chi connectivity index (χ0v) is 17.0. The molecule has 3 aromatic rings. The lowest BCUT2D eigenvalue weighted by Crippen LogP contribution is -2.25. The maximum absolute atomic E-state index is 13.0. The zero-order valence-electron chi connectivity index (χ0n) is 15.4. The summed E-state index contributed by atoms with van der Waals surface area (Å²) in [6.07, 6.45) is 0. The molecular formula is C19H22N2O3S2. The van der Waals surface area contributed by atoms with Gasteiger partial charge in [0.05, 0.1) is 25.6 Å². The number of aromatic nitrogens is 2. The Balaban J connectivity index is 1.95. The quantitative estimate of drug-likeness (QED) is 0.450. The molecule has 0 fully saturated rings. The summed E-state index contributed by atoms with van der Waals surface area (Å²) in [4.78, 5) is 19.8. The standard InChI is InChI=1S/C19H22N2O3S2/c1-12-13(2)26-17-16(12)18(22)21(9-10-23-3)19(20-17)25-11-14-5-7-15(24-4)8-6-14/h5-8H,9-11H2,1-4H3. The van der Waals surface area contributed by atoms with Gasteiger partial charge in [-0.2, -0.15) is 0 Å². The molecule has 0 radical (unpaired) electrons. The summed E-state index contributed by atoms with van der Waals surface area (Å²) in [5.41, 5.74) is 2.20. The highest BCUT2D eigenvalue weighted by Gasteiger charge is 2.16. The average molecular weight is 391 g/mol. The van der Waals surface area contributed by atoms with Crippen molar-refractivity contribution in [2.75, 3.05) is 20.8 Å². The van der Waals surface area contributed by atoms with Gasteiger partial charge in [0.2, 0.25) is 0 Å². The van der Waals surface area contributed by atoms with E-state index in [0.29, 0.717) is 13.2 Å². The van der Waals surface area contributed by atoms with Crippen LogP contribution in [-0.4, -0.2) is 30.4 Å². The fourth-order valence-electron chi connectivity index (χ4n) is 2.67. The molecule has 0 unspecified atom stereocenters. The van der Waals surface area contributed by atoms with Crippen molar-refractivity contribution < 1.29 is 9.47 Å². The normalized spacial score (nSPS) is 11.2. The highest BCUT2D eigenvalue weighted by molar-refractivity contribution is 7.98. The van der Waals surface area contributed by atoms with Crippen LogP contribution in [0.25, 0.3) is 10.2 Å². The predicted molar refractivity (Wildman–Crippen MR) is 108 cm³/mol. The van der Waals surface area contributed by atoms with Crippen LogP contribution < -0.4 is 10.3 Å². The van der Waals surface area contributed by atoms with Gasteiger partial charge in [0.15, 0.2) is 5.16 Å². The van der Waals surface area contributed by atoms with Crippen molar-refractivity contribution in [1.82, 2.24) is 9.55 Å². The summed E-state index contributed by atoms with van der Waals surface area (Å²) in [5, 5.41) is 1.47. The minimum absolute atomic E-state index is 0.0196. The average Bonchev–Trinajstić information content (AvgIpc) is 2.94. The smallest absolute Gasteiger partial charge is 0.263 e. The molecule has 0 atom stereocenters. The summed E-state index contributed by atoms with van der Waals surface area (Å²) < 4.78 is 12.1. The van der Waals surface area contributed by atoms with Crippen LogP contribution in [0, 0.1) is 13.8 Å². The molecule has 0 saturated heterocycles. The third-order valence-electron chi connectivity index (χ3n) is 4.30. The van der Waals surface area contributed by atoms with E-state index in [9.17, 15) is 4.79 Å². The number of benzene rings is 1. The van der Waals surface area contributed by atoms with Crippen LogP contribution in [0.3, 0.4) is 0 Å². The molecule has 7 heteroatoms. The van der Waals surface area contributed by atoms with E-state index in [0.717, 1.165) is 42.9 Å². The summed E-state index contributed by atoms with van der Waals surface area (Å²) in [5.74, 6) is 1.57. The molecule has 0 N–H and O–H groups in total. The summed E-state index contributed by atoms with van der Waals surface area (Å²) in [7, 11) is 3.30. The molecule has 1 aromatic carbocycles. The number of nitrogens with zero attached hydrogens (tertiary/aromatic N) is 2. The van der Waals surface area contributed by atoms with Crippen molar-refractivity contribution in [1.29, 1.82) is 0 Å². The van der Waals surface area contributed by atoms with Gasteiger partial charge in [-0.1, -0.05) is 23.9 Å². The lowest BCUT2D eigenvalue weighted by Gasteiger charge is -2.12. The summed E-state index contributed by atoms with van der Waals surface area (Å²) in [6.45, 7) is 5.00. The van der Waals surface area contributed by atoms with E-state index < -0.39 is 0 Å². The topological polar surface area (TPSA) is 53.4 Å². The third kappa shape index (κ3) is 3.79. The lowest BCUT2D eigenvalue weighted by atomic mass is 10.2. The van der Waals surface area contributed by atoms with Crippen molar-refractivity contribution in [2.24, 2.45) is 0 Å². The Bertz CT molecular complexity index is 962. The molecule has 0 spiro atoms. The third-order valence-corrected chi connectivity index (χ3v) is 6.45. The van der Waals surface area contributed by atoms with E-state index in [4.69, 9.17) is 14.5 Å². The molecule has 26 heavy (non-hydrogen) atoms. The van der Waals surface area contributed by atoms with Crippen molar-refractivity contribution in [3.8, 4) is 5.75 Å². The molecule has 3 rings (SSSR count). The number of hydrogen-bond acceptors (Lipinski definition) is 6. The van der Waals surface area contributed by atoms with Gasteiger partial charge < -0.3 is 9.47 Å². The zero-order chi connectivity index (χ0) is 18.7. The van der Waals surface area contributed by atoms with Gasteiger partial charge in [0.1, 0.15) is 10.6 Å². The van der Waals surface area contributed by atoms with E-state index >= 15 is 0 Å². The van der Waals surface area contributed by atoms with Crippen LogP contribution in [0.4, 0.5) is 0 Å². The Morgan fingerprint density at radius 1 is 1.19 bits per heavy atom. The molecule has 0 aliphatic heterocycles. The summed E-state index contributed by atoms with van der Waals surface area (Å²) >= 11 is 3.15. The maximum atomic E-state index is 13.0. The van der Waals surface area contributed by atoms with Gasteiger partial charge in [0, 0.05) is 17.7 Å². The Hall–Kier alpha value is -1.83. The number of thioether (sulfide) groups is 1. The fraction of sp³-hybridized carbons (Fsp3) is 0.368. The molecule has 0 aliphatic carbocycles. The lowest BCUT2D eigenvalue weighted by molar-refractivity contribution is 0.183. The molecule has 138 valence electrons. The van der Waals surface area contributed by atoms with Crippen molar-refractivity contribution in [3.05, 3.63) is 50.6 Å². The van der Waals surface area contributed by atoms with E-state index in [-0.39, 0.29) is 5.56 Å². The minimum Gasteiger partial charge on any atom is -0.497 e. The van der Waals surface area contributed by atoms with E-state index in [1.807, 2.05) is 38.1 Å². The van der Waals surface area contributed by atoms with Crippen LogP contribution >= 0.6 is 23.1 Å². The second-order valence-corrected chi connectivity index (χ2v) is 8.09. The second kappa shape index (κ2) is 8.24. The SMILES string of the molecule is COCCn1c(SCc2ccc(OC)cc2)nc2sc(C)c(C)c2c1=O. The first-order valence-corrected chi connectivity index (χ1v) is 10.1. The Labute approximate surface area is 161 Å². The van der Waals surface area contributed by atoms with Gasteiger partial charge in [0.25, 0.3) is 5.56 Å². The Morgan fingerprint density at radius 2 is 1.92 bits per heavy atom. The maximum Gasteiger partial charge on any atom is 0.263 e. The molecule has 0 amide bonds. The van der Waals surface area contributed by atoms with Gasteiger partial charge in [-0.05, 0) is 37.1 Å². The number of thiophene rings is 1. The van der Waals surface area contributed by atoms with Crippen LogP contribution in [0.1, 0.15) is 16.0 Å². The summed E-state index contributed by atoms with van der Waals surface area (Å²) in [6, 6.07) is 7.94. The van der Waals surface area contributed by atoms with Crippen molar-refractivity contribution in [3.63, 3.8) is 0 Å². The molecule has 2 aromatic heterocycles. The number of fused-ring (bicyclic) bond motifs is 1. The molecule has 2 heterocycles. The fourth-order valence-corrected chi connectivity index (χ4v) is 4.72. The highest BCUT2D eigenvalue weighted by Crippen LogP contribution is 2.29. The molecule has 0 bridgehead atoms. The van der Waals surface area contributed by atoms with Crippen molar-refractivity contribution >= 4 is 33.3 Å². The van der Waals surface area contributed by atoms with E-state index in [1.54, 1.807) is 41.9 Å². The first-order chi connectivity index (χ1) is 12.5. The molecular weight excluding hydrogens is 368 g/mol. The first kappa shape index (κ1) is 18.9. The number of ether oxygens (including phenoxy) is 2. The van der Waals surface area contributed by atoms with Crippen LogP contribution in [0.5, 0.6) is 5.75 Å². The number of aryl methyl sites for hydroxylation is 2. The molecule has 5 nitrogen and oxygen atoms in total. The van der Waals surface area contributed by atoms with E-state index in [1.165, 1.54) is 0 Å². The number of methoxy groups -OCH3 is 2. The number of hydrogen-bond donors (Lipinski definition) is 0. The monoisotopic (exact) mass is 390 g/mol. The Kier molecular flexibility index (Phi) is 6.01. The minimum atomic E-state index is 0.0196. The van der Waals surface area contributed by atoms with Crippen molar-refractivity contribution in [2.45, 2.75) is 31.3 Å².